The third kappa shape index (κ3) is 5.56. The monoisotopic (exact) mass is 589 g/mol. The normalized spacial score (nSPS) is 16.5. The predicted molar refractivity (Wildman–Crippen MR) is 133 cm³/mol. The van der Waals surface area contributed by atoms with E-state index in [4.69, 9.17) is 5.11 Å². The van der Waals surface area contributed by atoms with Crippen molar-refractivity contribution in [2.75, 3.05) is 25.2 Å². The lowest BCUT2D eigenvalue weighted by Gasteiger charge is -2.25. The average molecular weight is 590 g/mol. The molecule has 1 atom stereocenters. The Balaban J connectivity index is 1.72. The maximum atomic E-state index is 14.6. The maximum Gasteiger partial charge on any atom is 0.459 e. The molecular formula is C26H22F7N3O3S. The molecular weight excluding hydrogens is 567 g/mol. The van der Waals surface area contributed by atoms with Crippen LogP contribution in [0.5, 0.6) is 0 Å². The predicted octanol–water partition coefficient (Wildman–Crippen LogP) is 5.75. The summed E-state index contributed by atoms with van der Waals surface area (Å²) in [6.07, 6.45) is -6.84. The minimum Gasteiger partial charge on any atom is -0.395 e. The Kier molecular flexibility index (Phi) is 7.98. The number of aliphatic hydroxyl groups excluding tert-OH is 1. The molecule has 6 nitrogen and oxygen atoms in total. The van der Waals surface area contributed by atoms with Crippen molar-refractivity contribution < 1.29 is 44.3 Å². The first kappa shape index (κ1) is 29.5. The van der Waals surface area contributed by atoms with Crippen LogP contribution in [-0.4, -0.2) is 55.8 Å². The molecule has 3 aromatic carbocycles. The molecule has 1 heterocycles. The molecule has 0 saturated carbocycles. The summed E-state index contributed by atoms with van der Waals surface area (Å²) in [6.45, 7) is -0.489. The van der Waals surface area contributed by atoms with Gasteiger partial charge in [-0.15, -0.1) is 0 Å². The fourth-order valence-electron chi connectivity index (χ4n) is 4.20. The second kappa shape index (κ2) is 10.8. The highest BCUT2D eigenvalue weighted by Gasteiger charge is 2.63. The van der Waals surface area contributed by atoms with Crippen LogP contribution in [0, 0.1) is 11.6 Å². The van der Waals surface area contributed by atoms with Gasteiger partial charge in [-0.05, 0) is 47.0 Å². The van der Waals surface area contributed by atoms with Crippen molar-refractivity contribution in [2.24, 2.45) is 5.10 Å². The molecule has 3 aromatic rings. The standard InChI is InChI=1S/C26H22F7N3O3S/c1-35(11-12-37)40(38,39)20-8-5-16(6-9-20)17-3-2-4-18(13-17)23-15-24(25(29,30)26(31,32)33)34-36(23)22-10-7-19(27)14-21(22)28/h2-10,13-14,23,37H,11-12,15H2,1H3. The Morgan fingerprint density at radius 1 is 0.975 bits per heavy atom. The number of aliphatic hydroxyl groups is 1. The van der Waals surface area contributed by atoms with Gasteiger partial charge in [-0.2, -0.15) is 31.4 Å². The van der Waals surface area contributed by atoms with Gasteiger partial charge in [0.1, 0.15) is 11.5 Å². The van der Waals surface area contributed by atoms with Gasteiger partial charge in [0.05, 0.1) is 23.2 Å². The number of halogens is 7. The minimum atomic E-state index is -5.94. The molecule has 0 spiro atoms. The third-order valence-corrected chi connectivity index (χ3v) is 8.24. The smallest absolute Gasteiger partial charge is 0.395 e. The lowest BCUT2D eigenvalue weighted by Crippen LogP contribution is -2.43. The number of nitrogens with zero attached hydrogens (tertiary/aromatic N) is 3. The summed E-state index contributed by atoms with van der Waals surface area (Å²) in [5.41, 5.74) is -0.866. The Hall–Kier alpha value is -3.49. The summed E-state index contributed by atoms with van der Waals surface area (Å²) in [5, 5.41) is 13.1. The Morgan fingerprint density at radius 2 is 1.65 bits per heavy atom. The second-order valence-electron chi connectivity index (χ2n) is 8.98. The van der Waals surface area contributed by atoms with Crippen molar-refractivity contribution in [3.05, 3.63) is 83.9 Å². The van der Waals surface area contributed by atoms with E-state index in [9.17, 15) is 39.2 Å². The van der Waals surface area contributed by atoms with Crippen molar-refractivity contribution in [2.45, 2.75) is 29.5 Å². The number of alkyl halides is 5. The Morgan fingerprint density at radius 3 is 2.25 bits per heavy atom. The van der Waals surface area contributed by atoms with E-state index in [1.165, 1.54) is 49.5 Å². The van der Waals surface area contributed by atoms with Crippen LogP contribution in [-0.2, 0) is 10.0 Å². The van der Waals surface area contributed by atoms with Crippen LogP contribution in [0.4, 0.5) is 36.4 Å². The van der Waals surface area contributed by atoms with Crippen molar-refractivity contribution in [3.63, 3.8) is 0 Å². The highest BCUT2D eigenvalue weighted by atomic mass is 32.2. The number of benzene rings is 3. The van der Waals surface area contributed by atoms with Crippen LogP contribution in [0.3, 0.4) is 0 Å². The number of anilines is 1. The molecule has 0 radical (unpaired) electrons. The van der Waals surface area contributed by atoms with Crippen molar-refractivity contribution in [1.29, 1.82) is 0 Å². The first-order chi connectivity index (χ1) is 18.7. The van der Waals surface area contributed by atoms with E-state index in [1.807, 2.05) is 0 Å². The number of hydrogen-bond acceptors (Lipinski definition) is 5. The van der Waals surface area contributed by atoms with Gasteiger partial charge in [0.15, 0.2) is 5.82 Å². The summed E-state index contributed by atoms with van der Waals surface area (Å²) in [7, 11) is -2.57. The van der Waals surface area contributed by atoms with Gasteiger partial charge in [0, 0.05) is 26.1 Å². The molecule has 0 aromatic heterocycles. The molecule has 4 rings (SSSR count). The number of likely N-dealkylation sites (N-methyl/N-ethyl adjacent to an activating group) is 1. The van der Waals surface area contributed by atoms with Gasteiger partial charge in [0.2, 0.25) is 10.0 Å². The quantitative estimate of drug-likeness (QED) is 0.340. The summed E-state index contributed by atoms with van der Waals surface area (Å²) in [6, 6.07) is 12.5. The van der Waals surface area contributed by atoms with E-state index in [-0.39, 0.29) is 23.6 Å². The lowest BCUT2D eigenvalue weighted by atomic mass is 9.95. The molecule has 0 amide bonds. The molecule has 1 aliphatic rings. The molecule has 1 N–H and O–H groups in total. The van der Waals surface area contributed by atoms with Crippen LogP contribution < -0.4 is 5.01 Å². The average Bonchev–Trinajstić information content (AvgIpc) is 3.34. The van der Waals surface area contributed by atoms with E-state index in [0.29, 0.717) is 22.2 Å². The molecule has 14 heteroatoms. The van der Waals surface area contributed by atoms with E-state index in [1.54, 1.807) is 6.07 Å². The van der Waals surface area contributed by atoms with Gasteiger partial charge in [0.25, 0.3) is 0 Å². The molecule has 40 heavy (non-hydrogen) atoms. The fourth-order valence-corrected chi connectivity index (χ4v) is 5.36. The minimum absolute atomic E-state index is 0.0514. The SMILES string of the molecule is CN(CCO)S(=O)(=O)c1ccc(-c2cccc(C3CC(C(F)(F)C(F)(F)F)=NN3c3ccc(F)cc3F)c2)cc1. The highest BCUT2D eigenvalue weighted by Crippen LogP contribution is 2.45. The summed E-state index contributed by atoms with van der Waals surface area (Å²) in [5.74, 6) is -7.47. The van der Waals surface area contributed by atoms with E-state index in [0.717, 1.165) is 16.4 Å². The van der Waals surface area contributed by atoms with Crippen LogP contribution in [0.1, 0.15) is 18.0 Å². The molecule has 1 aliphatic heterocycles. The third-order valence-electron chi connectivity index (χ3n) is 6.37. The van der Waals surface area contributed by atoms with E-state index in [2.05, 4.69) is 5.10 Å². The lowest BCUT2D eigenvalue weighted by molar-refractivity contribution is -0.249. The number of sulfonamides is 1. The molecule has 0 aliphatic carbocycles. The summed E-state index contributed by atoms with van der Waals surface area (Å²) >= 11 is 0. The van der Waals surface area contributed by atoms with Crippen molar-refractivity contribution in [1.82, 2.24) is 4.31 Å². The molecule has 1 unspecified atom stereocenters. The Labute approximate surface area is 225 Å². The topological polar surface area (TPSA) is 73.2 Å². The van der Waals surface area contributed by atoms with E-state index < -0.39 is 57.6 Å². The first-order valence-electron chi connectivity index (χ1n) is 11.7. The largest absolute Gasteiger partial charge is 0.459 e. The van der Waals surface area contributed by atoms with Crippen LogP contribution in [0.15, 0.2) is 76.7 Å². The molecule has 214 valence electrons. The van der Waals surface area contributed by atoms with Gasteiger partial charge in [-0.1, -0.05) is 30.3 Å². The molecule has 0 bridgehead atoms. The Bertz CT molecular complexity index is 1530. The summed E-state index contributed by atoms with van der Waals surface area (Å²) < 4.78 is 122. The first-order valence-corrected chi connectivity index (χ1v) is 13.1. The fraction of sp³-hybridized carbons (Fsp3) is 0.269. The van der Waals surface area contributed by atoms with Crippen LogP contribution >= 0.6 is 0 Å². The van der Waals surface area contributed by atoms with Crippen LogP contribution in [0.2, 0.25) is 0 Å². The van der Waals surface area contributed by atoms with Gasteiger partial charge in [-0.3, -0.25) is 5.01 Å². The zero-order valence-corrected chi connectivity index (χ0v) is 21.5. The van der Waals surface area contributed by atoms with E-state index >= 15 is 0 Å². The number of hydrogen-bond donors (Lipinski definition) is 1. The zero-order valence-electron chi connectivity index (χ0n) is 20.7. The summed E-state index contributed by atoms with van der Waals surface area (Å²) in [4.78, 5) is -0.0514. The maximum absolute atomic E-state index is 14.6. The van der Waals surface area contributed by atoms with Gasteiger partial charge < -0.3 is 5.11 Å². The zero-order chi connectivity index (χ0) is 29.5. The van der Waals surface area contributed by atoms with Crippen molar-refractivity contribution >= 4 is 21.4 Å². The molecule has 0 fully saturated rings. The van der Waals surface area contributed by atoms with Crippen LogP contribution in [0.25, 0.3) is 11.1 Å². The second-order valence-corrected chi connectivity index (χ2v) is 11.0. The highest BCUT2D eigenvalue weighted by molar-refractivity contribution is 7.89. The van der Waals surface area contributed by atoms with Crippen molar-refractivity contribution in [3.8, 4) is 11.1 Å². The van der Waals surface area contributed by atoms with Gasteiger partial charge >= 0.3 is 12.1 Å². The number of rotatable bonds is 8. The van der Waals surface area contributed by atoms with Gasteiger partial charge in [-0.25, -0.2) is 17.2 Å². The number of hydrazone groups is 1. The molecule has 0 saturated heterocycles.